The molecule has 1 saturated heterocycles. The van der Waals surface area contributed by atoms with Gasteiger partial charge in [-0.05, 0) is 44.0 Å². The molecule has 3 aromatic rings. The number of likely N-dealkylation sites (tertiary alicyclic amines) is 1. The van der Waals surface area contributed by atoms with Crippen LogP contribution < -0.4 is 5.32 Å². The molecule has 0 aliphatic carbocycles. The number of carbonyl (C=O) groups is 1. The fourth-order valence-electron chi connectivity index (χ4n) is 3.76. The van der Waals surface area contributed by atoms with E-state index in [2.05, 4.69) is 19.9 Å². The fraction of sp³-hybridized carbons (Fsp3) is 0.381. The van der Waals surface area contributed by atoms with E-state index in [0.29, 0.717) is 19.7 Å². The zero-order valence-electron chi connectivity index (χ0n) is 16.3. The molecule has 7 nitrogen and oxygen atoms in total. The van der Waals surface area contributed by atoms with Gasteiger partial charge >= 0.3 is 6.03 Å². The molecule has 0 saturated carbocycles. The number of aromatic nitrogens is 3. The Hall–Kier alpha value is -2.93. The van der Waals surface area contributed by atoms with E-state index in [0.717, 1.165) is 35.5 Å². The van der Waals surface area contributed by atoms with Crippen LogP contribution in [0.15, 0.2) is 42.6 Å². The van der Waals surface area contributed by atoms with Crippen LogP contribution in [-0.2, 0) is 11.3 Å². The molecule has 1 N–H and O–H groups in total. The average Bonchev–Trinajstić information content (AvgIpc) is 3.08. The zero-order valence-corrected chi connectivity index (χ0v) is 16.3. The van der Waals surface area contributed by atoms with Crippen molar-refractivity contribution in [1.29, 1.82) is 0 Å². The molecule has 1 fully saturated rings. The molecule has 0 bridgehead atoms. The van der Waals surface area contributed by atoms with Crippen LogP contribution in [0.1, 0.15) is 30.3 Å². The summed E-state index contributed by atoms with van der Waals surface area (Å²) in [4.78, 5) is 23.7. The van der Waals surface area contributed by atoms with Crippen LogP contribution in [0.4, 0.5) is 10.5 Å². The number of methoxy groups -OCH3 is 1. The van der Waals surface area contributed by atoms with Gasteiger partial charge in [-0.15, -0.1) is 0 Å². The Balaban J connectivity index is 1.45. The number of anilines is 1. The minimum atomic E-state index is -0.0481. The molecule has 146 valence electrons. The van der Waals surface area contributed by atoms with E-state index in [1.807, 2.05) is 48.2 Å². The molecule has 2 aromatic heterocycles. The number of rotatable bonds is 4. The molecule has 1 aliphatic heterocycles. The molecular formula is C21H25N5O2. The number of hydrogen-bond donors (Lipinski definition) is 1. The molecule has 0 unspecified atom stereocenters. The normalized spacial score (nSPS) is 15.1. The number of imidazole rings is 1. The Bertz CT molecular complexity index is 959. The number of urea groups is 1. The average molecular weight is 379 g/mol. The van der Waals surface area contributed by atoms with Crippen LogP contribution in [0.2, 0.25) is 0 Å². The van der Waals surface area contributed by atoms with E-state index < -0.39 is 0 Å². The molecular weight excluding hydrogens is 354 g/mol. The summed E-state index contributed by atoms with van der Waals surface area (Å²) >= 11 is 0. The SMILES string of the molecule is COCc1nc2cccnc2n1C1CCN(C(=O)Nc2ccc(C)cc2)CC1. The number of piperidine rings is 1. The van der Waals surface area contributed by atoms with Gasteiger partial charge in [-0.25, -0.2) is 14.8 Å². The highest BCUT2D eigenvalue weighted by atomic mass is 16.5. The largest absolute Gasteiger partial charge is 0.377 e. The van der Waals surface area contributed by atoms with Crippen LogP contribution in [0, 0.1) is 6.92 Å². The van der Waals surface area contributed by atoms with Gasteiger partial charge in [-0.2, -0.15) is 0 Å². The molecule has 4 rings (SSSR count). The number of ether oxygens (including phenoxy) is 1. The summed E-state index contributed by atoms with van der Waals surface area (Å²) in [6, 6.07) is 11.9. The smallest absolute Gasteiger partial charge is 0.321 e. The van der Waals surface area contributed by atoms with Gasteiger partial charge in [0.25, 0.3) is 0 Å². The molecule has 7 heteroatoms. The second kappa shape index (κ2) is 7.98. The van der Waals surface area contributed by atoms with Gasteiger partial charge in [-0.3, -0.25) is 0 Å². The van der Waals surface area contributed by atoms with Gasteiger partial charge in [0.2, 0.25) is 0 Å². The third-order valence-corrected chi connectivity index (χ3v) is 5.21. The molecule has 3 heterocycles. The maximum Gasteiger partial charge on any atom is 0.321 e. The molecule has 1 aromatic carbocycles. The summed E-state index contributed by atoms with van der Waals surface area (Å²) in [6.07, 6.45) is 3.52. The molecule has 0 spiro atoms. The summed E-state index contributed by atoms with van der Waals surface area (Å²) in [5.41, 5.74) is 3.77. The van der Waals surface area contributed by atoms with Crippen molar-refractivity contribution in [2.24, 2.45) is 0 Å². The third kappa shape index (κ3) is 3.71. The summed E-state index contributed by atoms with van der Waals surface area (Å²) < 4.78 is 7.53. The Morgan fingerprint density at radius 1 is 1.21 bits per heavy atom. The quantitative estimate of drug-likeness (QED) is 0.749. The van der Waals surface area contributed by atoms with E-state index in [4.69, 9.17) is 4.74 Å². The van der Waals surface area contributed by atoms with Gasteiger partial charge in [0.05, 0.1) is 0 Å². The number of pyridine rings is 1. The molecule has 0 atom stereocenters. The minimum Gasteiger partial charge on any atom is -0.377 e. The first-order valence-corrected chi connectivity index (χ1v) is 9.59. The van der Waals surface area contributed by atoms with Gasteiger partial charge in [0.15, 0.2) is 5.65 Å². The lowest BCUT2D eigenvalue weighted by Gasteiger charge is -2.33. The number of carbonyl (C=O) groups excluding carboxylic acids is 1. The number of hydrogen-bond acceptors (Lipinski definition) is 4. The third-order valence-electron chi connectivity index (χ3n) is 5.21. The number of amides is 2. The molecule has 0 radical (unpaired) electrons. The van der Waals surface area contributed by atoms with Crippen LogP contribution in [0.3, 0.4) is 0 Å². The van der Waals surface area contributed by atoms with Gasteiger partial charge in [-0.1, -0.05) is 17.7 Å². The topological polar surface area (TPSA) is 72.3 Å². The van der Waals surface area contributed by atoms with Gasteiger partial charge < -0.3 is 19.5 Å². The van der Waals surface area contributed by atoms with Crippen molar-refractivity contribution >= 4 is 22.9 Å². The Labute approximate surface area is 164 Å². The summed E-state index contributed by atoms with van der Waals surface area (Å²) in [5.74, 6) is 0.888. The number of nitrogens with zero attached hydrogens (tertiary/aromatic N) is 4. The van der Waals surface area contributed by atoms with Crippen molar-refractivity contribution in [2.75, 3.05) is 25.5 Å². The van der Waals surface area contributed by atoms with Crippen LogP contribution in [-0.4, -0.2) is 45.7 Å². The lowest BCUT2D eigenvalue weighted by atomic mass is 10.0. The number of aryl methyl sites for hydroxylation is 1. The molecule has 2 amide bonds. The van der Waals surface area contributed by atoms with E-state index in [1.54, 1.807) is 13.3 Å². The standard InChI is InChI=1S/C21H25N5O2/c1-15-5-7-16(8-6-15)23-21(27)25-12-9-17(10-13-25)26-19(14-28-2)24-18-4-3-11-22-20(18)26/h3-8,11,17H,9-10,12-14H2,1-2H3,(H,23,27). The maximum absolute atomic E-state index is 12.6. The van der Waals surface area contributed by atoms with Gasteiger partial charge in [0.1, 0.15) is 17.9 Å². The van der Waals surface area contributed by atoms with Crippen molar-refractivity contribution in [3.63, 3.8) is 0 Å². The summed E-state index contributed by atoms with van der Waals surface area (Å²) in [7, 11) is 1.68. The number of fused-ring (bicyclic) bond motifs is 1. The number of nitrogens with one attached hydrogen (secondary N) is 1. The van der Waals surface area contributed by atoms with Crippen LogP contribution in [0.25, 0.3) is 11.2 Å². The summed E-state index contributed by atoms with van der Waals surface area (Å²) in [5, 5.41) is 2.99. The van der Waals surface area contributed by atoms with E-state index in [-0.39, 0.29) is 12.1 Å². The monoisotopic (exact) mass is 379 g/mol. The van der Waals surface area contributed by atoms with Crippen molar-refractivity contribution in [3.8, 4) is 0 Å². The van der Waals surface area contributed by atoms with Crippen molar-refractivity contribution < 1.29 is 9.53 Å². The van der Waals surface area contributed by atoms with E-state index >= 15 is 0 Å². The molecule has 1 aliphatic rings. The highest BCUT2D eigenvalue weighted by Gasteiger charge is 2.27. The predicted octanol–water partition coefficient (Wildman–Crippen LogP) is 3.76. The Kier molecular flexibility index (Phi) is 5.25. The van der Waals surface area contributed by atoms with Gasteiger partial charge in [0, 0.05) is 38.1 Å². The Morgan fingerprint density at radius 2 is 1.96 bits per heavy atom. The second-order valence-corrected chi connectivity index (χ2v) is 7.19. The highest BCUT2D eigenvalue weighted by molar-refractivity contribution is 5.89. The Morgan fingerprint density at radius 3 is 2.68 bits per heavy atom. The van der Waals surface area contributed by atoms with E-state index in [1.165, 1.54) is 5.56 Å². The maximum atomic E-state index is 12.6. The first kappa shape index (κ1) is 18.4. The van der Waals surface area contributed by atoms with Crippen molar-refractivity contribution in [2.45, 2.75) is 32.4 Å². The summed E-state index contributed by atoms with van der Waals surface area (Å²) in [6.45, 7) is 3.87. The predicted molar refractivity (Wildman–Crippen MR) is 108 cm³/mol. The first-order chi connectivity index (χ1) is 13.7. The first-order valence-electron chi connectivity index (χ1n) is 9.59. The fourth-order valence-corrected chi connectivity index (χ4v) is 3.76. The lowest BCUT2D eigenvalue weighted by molar-refractivity contribution is 0.162. The number of benzene rings is 1. The lowest BCUT2D eigenvalue weighted by Crippen LogP contribution is -2.41. The van der Waals surface area contributed by atoms with Crippen molar-refractivity contribution in [3.05, 3.63) is 54.0 Å². The van der Waals surface area contributed by atoms with Crippen LogP contribution >= 0.6 is 0 Å². The van der Waals surface area contributed by atoms with Crippen molar-refractivity contribution in [1.82, 2.24) is 19.4 Å². The van der Waals surface area contributed by atoms with E-state index in [9.17, 15) is 4.79 Å². The highest BCUT2D eigenvalue weighted by Crippen LogP contribution is 2.28. The zero-order chi connectivity index (χ0) is 19.5. The minimum absolute atomic E-state index is 0.0481. The van der Waals surface area contributed by atoms with Crippen LogP contribution in [0.5, 0.6) is 0 Å². The second-order valence-electron chi connectivity index (χ2n) is 7.19. The molecule has 28 heavy (non-hydrogen) atoms.